The van der Waals surface area contributed by atoms with Crippen LogP contribution >= 0.6 is 0 Å². The number of hydrogen-bond acceptors (Lipinski definition) is 6. The number of benzene rings is 3. The highest BCUT2D eigenvalue weighted by molar-refractivity contribution is 7.89. The molecule has 0 bridgehead atoms. The van der Waals surface area contributed by atoms with Gasteiger partial charge in [-0.25, -0.2) is 8.42 Å². The van der Waals surface area contributed by atoms with Crippen LogP contribution in [-0.4, -0.2) is 56.9 Å². The zero-order valence-corrected chi connectivity index (χ0v) is 23.4. The van der Waals surface area contributed by atoms with Crippen LogP contribution in [0.5, 0.6) is 11.5 Å². The molecule has 0 radical (unpaired) electrons. The number of carbonyl (C=O) groups is 2. The molecule has 1 unspecified atom stereocenters. The number of carbonyl (C=O) groups excluding carboxylic acids is 2. The summed E-state index contributed by atoms with van der Waals surface area (Å²) in [6, 6.07) is 18.8. The lowest BCUT2D eigenvalue weighted by Gasteiger charge is -2.33. The van der Waals surface area contributed by atoms with Crippen molar-refractivity contribution in [1.29, 1.82) is 0 Å². The van der Waals surface area contributed by atoms with E-state index in [4.69, 9.17) is 9.47 Å². The molecule has 5 rings (SSSR count). The van der Waals surface area contributed by atoms with Crippen molar-refractivity contribution in [3.05, 3.63) is 77.9 Å². The molecule has 40 heavy (non-hydrogen) atoms. The Morgan fingerprint density at radius 1 is 1.02 bits per heavy atom. The summed E-state index contributed by atoms with van der Waals surface area (Å²) in [5, 5.41) is 2.84. The van der Waals surface area contributed by atoms with Crippen LogP contribution in [-0.2, 0) is 14.8 Å². The summed E-state index contributed by atoms with van der Waals surface area (Å²) in [5.41, 5.74) is 2.42. The van der Waals surface area contributed by atoms with E-state index in [0.29, 0.717) is 42.3 Å². The summed E-state index contributed by atoms with van der Waals surface area (Å²) in [6.07, 6.45) is 2.10. The lowest BCUT2D eigenvalue weighted by Crippen LogP contribution is -2.46. The first-order chi connectivity index (χ1) is 19.2. The minimum absolute atomic E-state index is 0.174. The smallest absolute Gasteiger partial charge is 0.267 e. The zero-order chi connectivity index (χ0) is 28.3. The van der Waals surface area contributed by atoms with Gasteiger partial charge in [0, 0.05) is 24.3 Å². The van der Waals surface area contributed by atoms with Crippen LogP contribution in [0.25, 0.3) is 0 Å². The molecule has 2 aliphatic rings. The SMILES string of the molecule is Cc1cccc(OCCN2C(=O)C(C)Oc3ccc(NC(=O)c4ccc(S(=O)(=O)N5CCCCC5)cc4)cc32)c1. The summed E-state index contributed by atoms with van der Waals surface area (Å²) in [6.45, 7) is 5.30. The van der Waals surface area contributed by atoms with Gasteiger partial charge < -0.3 is 19.7 Å². The second-order valence-electron chi connectivity index (χ2n) is 10.0. The fourth-order valence-corrected chi connectivity index (χ4v) is 6.43. The Morgan fingerprint density at radius 3 is 2.50 bits per heavy atom. The molecule has 1 atom stereocenters. The van der Waals surface area contributed by atoms with Crippen molar-refractivity contribution < 1.29 is 27.5 Å². The van der Waals surface area contributed by atoms with Crippen molar-refractivity contribution in [1.82, 2.24) is 4.31 Å². The first-order valence-electron chi connectivity index (χ1n) is 13.5. The topological polar surface area (TPSA) is 105 Å². The predicted molar refractivity (Wildman–Crippen MR) is 153 cm³/mol. The third-order valence-electron chi connectivity index (χ3n) is 7.07. The monoisotopic (exact) mass is 563 g/mol. The minimum Gasteiger partial charge on any atom is -0.492 e. The fraction of sp³-hybridized carbons (Fsp3) is 0.333. The Morgan fingerprint density at radius 2 is 1.77 bits per heavy atom. The molecule has 2 amide bonds. The molecular weight excluding hydrogens is 530 g/mol. The molecule has 0 spiro atoms. The summed E-state index contributed by atoms with van der Waals surface area (Å²) >= 11 is 0. The van der Waals surface area contributed by atoms with Crippen LogP contribution in [0.1, 0.15) is 42.1 Å². The first kappa shape index (κ1) is 27.7. The molecule has 0 aliphatic carbocycles. The maximum atomic E-state index is 13.0. The van der Waals surface area contributed by atoms with Crippen LogP contribution in [0.2, 0.25) is 0 Å². The standard InChI is InChI=1S/C30H33N3O6S/c1-21-7-6-8-25(19-21)38-18-17-33-27-20-24(11-14-28(27)39-22(2)30(33)35)31-29(34)23-9-12-26(13-10-23)40(36,37)32-15-4-3-5-16-32/h6-14,19-20,22H,3-5,15-18H2,1-2H3,(H,31,34). The van der Waals surface area contributed by atoms with E-state index < -0.39 is 22.0 Å². The van der Waals surface area contributed by atoms with Crippen molar-refractivity contribution >= 4 is 33.2 Å². The van der Waals surface area contributed by atoms with Gasteiger partial charge in [-0.15, -0.1) is 0 Å². The van der Waals surface area contributed by atoms with Crippen LogP contribution in [0.15, 0.2) is 71.6 Å². The molecule has 0 aromatic heterocycles. The molecule has 9 nitrogen and oxygen atoms in total. The lowest BCUT2D eigenvalue weighted by atomic mass is 10.1. The molecule has 1 N–H and O–H groups in total. The Bertz CT molecular complexity index is 1500. The van der Waals surface area contributed by atoms with E-state index in [1.54, 1.807) is 30.0 Å². The van der Waals surface area contributed by atoms with E-state index in [9.17, 15) is 18.0 Å². The Hall–Kier alpha value is -3.89. The van der Waals surface area contributed by atoms with Crippen LogP contribution in [0.3, 0.4) is 0 Å². The van der Waals surface area contributed by atoms with Crippen LogP contribution in [0.4, 0.5) is 11.4 Å². The van der Waals surface area contributed by atoms with E-state index in [2.05, 4.69) is 5.32 Å². The van der Waals surface area contributed by atoms with Gasteiger partial charge in [0.05, 0.1) is 17.1 Å². The number of ether oxygens (including phenoxy) is 2. The molecule has 10 heteroatoms. The Balaban J connectivity index is 1.28. The predicted octanol–water partition coefficient (Wildman–Crippen LogP) is 4.61. The van der Waals surface area contributed by atoms with E-state index >= 15 is 0 Å². The van der Waals surface area contributed by atoms with E-state index in [1.807, 2.05) is 31.2 Å². The number of aryl methyl sites for hydroxylation is 1. The van der Waals surface area contributed by atoms with Gasteiger partial charge in [0.1, 0.15) is 18.1 Å². The van der Waals surface area contributed by atoms with Gasteiger partial charge in [-0.05, 0) is 86.8 Å². The Labute approximate surface area is 234 Å². The van der Waals surface area contributed by atoms with E-state index in [1.165, 1.54) is 28.6 Å². The molecule has 210 valence electrons. The average Bonchev–Trinajstić information content (AvgIpc) is 2.96. The van der Waals surface area contributed by atoms with Crippen molar-refractivity contribution in [2.45, 2.75) is 44.1 Å². The highest BCUT2D eigenvalue weighted by atomic mass is 32.2. The largest absolute Gasteiger partial charge is 0.492 e. The highest BCUT2D eigenvalue weighted by Crippen LogP contribution is 2.36. The number of nitrogens with zero attached hydrogens (tertiary/aromatic N) is 2. The average molecular weight is 564 g/mol. The van der Waals surface area contributed by atoms with Gasteiger partial charge in [-0.3, -0.25) is 9.59 Å². The minimum atomic E-state index is -3.58. The number of nitrogens with one attached hydrogen (secondary N) is 1. The summed E-state index contributed by atoms with van der Waals surface area (Å²) < 4.78 is 39.0. The van der Waals surface area contributed by atoms with Gasteiger partial charge in [-0.1, -0.05) is 18.6 Å². The van der Waals surface area contributed by atoms with Gasteiger partial charge in [-0.2, -0.15) is 4.31 Å². The van der Waals surface area contributed by atoms with Crippen molar-refractivity contribution in [3.63, 3.8) is 0 Å². The first-order valence-corrected chi connectivity index (χ1v) is 14.9. The second-order valence-corrected chi connectivity index (χ2v) is 12.0. The molecule has 1 fully saturated rings. The van der Waals surface area contributed by atoms with Gasteiger partial charge in [0.25, 0.3) is 11.8 Å². The van der Waals surface area contributed by atoms with Gasteiger partial charge >= 0.3 is 0 Å². The highest BCUT2D eigenvalue weighted by Gasteiger charge is 2.32. The van der Waals surface area contributed by atoms with Crippen molar-refractivity contribution in [2.24, 2.45) is 0 Å². The molecule has 1 saturated heterocycles. The van der Waals surface area contributed by atoms with Gasteiger partial charge in [0.2, 0.25) is 10.0 Å². The molecule has 3 aromatic rings. The number of anilines is 2. The van der Waals surface area contributed by atoms with Crippen LogP contribution < -0.4 is 19.7 Å². The second kappa shape index (κ2) is 11.7. The summed E-state index contributed by atoms with van der Waals surface area (Å²) in [4.78, 5) is 27.7. The number of sulfonamides is 1. The fourth-order valence-electron chi connectivity index (χ4n) is 4.91. The third-order valence-corrected chi connectivity index (χ3v) is 8.98. The van der Waals surface area contributed by atoms with Crippen molar-refractivity contribution in [2.75, 3.05) is 36.5 Å². The van der Waals surface area contributed by atoms with E-state index in [-0.39, 0.29) is 17.4 Å². The van der Waals surface area contributed by atoms with E-state index in [0.717, 1.165) is 30.6 Å². The lowest BCUT2D eigenvalue weighted by molar-refractivity contribution is -0.125. The maximum absolute atomic E-state index is 13.0. The number of fused-ring (bicyclic) bond motifs is 1. The number of hydrogen-bond donors (Lipinski definition) is 1. The normalized spacial score (nSPS) is 17.6. The maximum Gasteiger partial charge on any atom is 0.267 e. The molecule has 0 saturated carbocycles. The summed E-state index contributed by atoms with van der Waals surface area (Å²) in [7, 11) is -3.58. The number of amides is 2. The third kappa shape index (κ3) is 5.97. The number of rotatable bonds is 8. The van der Waals surface area contributed by atoms with Gasteiger partial charge in [0.15, 0.2) is 6.10 Å². The molecule has 2 aliphatic heterocycles. The molecule has 3 aromatic carbocycles. The quantitative estimate of drug-likeness (QED) is 0.429. The van der Waals surface area contributed by atoms with Crippen molar-refractivity contribution in [3.8, 4) is 11.5 Å². The number of piperidine rings is 1. The zero-order valence-electron chi connectivity index (χ0n) is 22.6. The molecular formula is C30H33N3O6S. The Kier molecular flexibility index (Phi) is 8.09. The molecule has 2 heterocycles. The summed E-state index contributed by atoms with van der Waals surface area (Å²) in [5.74, 6) is 0.666. The van der Waals surface area contributed by atoms with Crippen LogP contribution in [0, 0.1) is 6.92 Å².